The van der Waals surface area contributed by atoms with Gasteiger partial charge in [-0.1, -0.05) is 18.2 Å². The molecule has 38 heavy (non-hydrogen) atoms. The lowest BCUT2D eigenvalue weighted by molar-refractivity contribution is -0.137. The number of alkyl halides is 3. The van der Waals surface area contributed by atoms with Crippen molar-refractivity contribution in [3.05, 3.63) is 106 Å². The van der Waals surface area contributed by atoms with Crippen molar-refractivity contribution < 1.29 is 22.3 Å². The zero-order chi connectivity index (χ0) is 26.4. The van der Waals surface area contributed by atoms with E-state index in [0.717, 1.165) is 12.1 Å². The van der Waals surface area contributed by atoms with Gasteiger partial charge in [-0.15, -0.1) is 0 Å². The van der Waals surface area contributed by atoms with Crippen molar-refractivity contribution in [2.75, 3.05) is 11.4 Å². The summed E-state index contributed by atoms with van der Waals surface area (Å²) in [5.41, 5.74) is 1.02. The average molecular weight is 521 g/mol. The maximum atomic E-state index is 13.8. The number of hydrogen-bond acceptors (Lipinski definition) is 5. The van der Waals surface area contributed by atoms with E-state index in [9.17, 15) is 22.4 Å². The SMILES string of the molecule is O=c1c2c(nc(Oc3ccc(F)cc3)n1-c1ccccc1)CCN(c1nc3ccc(C(F)(F)F)cc3[nH]1)C2. The highest BCUT2D eigenvalue weighted by atomic mass is 19.4. The Morgan fingerprint density at radius 2 is 1.71 bits per heavy atom. The number of aromatic nitrogens is 4. The first-order valence-electron chi connectivity index (χ1n) is 11.7. The third-order valence-corrected chi connectivity index (χ3v) is 6.33. The van der Waals surface area contributed by atoms with E-state index in [1.54, 1.807) is 29.2 Å². The van der Waals surface area contributed by atoms with Crippen molar-refractivity contribution in [3.8, 4) is 17.4 Å². The Morgan fingerprint density at radius 1 is 0.947 bits per heavy atom. The molecule has 3 aromatic carbocycles. The molecule has 0 saturated carbocycles. The molecule has 1 N–H and O–H groups in total. The largest absolute Gasteiger partial charge is 0.425 e. The lowest BCUT2D eigenvalue weighted by Gasteiger charge is -2.28. The van der Waals surface area contributed by atoms with Crippen molar-refractivity contribution in [2.45, 2.75) is 19.1 Å². The summed E-state index contributed by atoms with van der Waals surface area (Å²) in [4.78, 5) is 27.6. The van der Waals surface area contributed by atoms with E-state index in [0.29, 0.717) is 47.1 Å². The van der Waals surface area contributed by atoms with Gasteiger partial charge in [0.05, 0.1) is 40.1 Å². The minimum atomic E-state index is -4.47. The normalized spacial score (nSPS) is 13.5. The number of imidazole rings is 1. The van der Waals surface area contributed by atoms with Gasteiger partial charge < -0.3 is 14.6 Å². The second-order valence-corrected chi connectivity index (χ2v) is 8.81. The van der Waals surface area contributed by atoms with Gasteiger partial charge in [-0.25, -0.2) is 18.9 Å². The predicted octanol–water partition coefficient (Wildman–Crippen LogP) is 5.62. The molecule has 5 aromatic rings. The van der Waals surface area contributed by atoms with E-state index in [2.05, 4.69) is 15.0 Å². The van der Waals surface area contributed by atoms with Crippen LogP contribution in [0.4, 0.5) is 23.5 Å². The number of benzene rings is 3. The first-order valence-corrected chi connectivity index (χ1v) is 11.7. The molecular weight excluding hydrogens is 502 g/mol. The number of fused-ring (bicyclic) bond motifs is 2. The van der Waals surface area contributed by atoms with Crippen LogP contribution in [0.2, 0.25) is 0 Å². The number of anilines is 1. The second kappa shape index (κ2) is 9.02. The molecule has 0 bridgehead atoms. The predicted molar refractivity (Wildman–Crippen MR) is 132 cm³/mol. The van der Waals surface area contributed by atoms with Gasteiger partial charge in [-0.2, -0.15) is 13.2 Å². The average Bonchev–Trinajstić information content (AvgIpc) is 3.34. The summed E-state index contributed by atoms with van der Waals surface area (Å²) in [6.45, 7) is 0.577. The molecule has 1 aliphatic rings. The van der Waals surface area contributed by atoms with Gasteiger partial charge >= 0.3 is 12.2 Å². The Kier molecular flexibility index (Phi) is 5.63. The lowest BCUT2D eigenvalue weighted by Crippen LogP contribution is -2.38. The topological polar surface area (TPSA) is 76.0 Å². The molecule has 11 heteroatoms. The monoisotopic (exact) mass is 521 g/mol. The summed E-state index contributed by atoms with van der Waals surface area (Å²) < 4.78 is 60.1. The standard InChI is InChI=1S/C27H19F4N5O2/c28-17-7-9-19(10-8-17)38-26-34-21-12-13-35(15-20(21)24(37)36(26)18-4-2-1-3-5-18)25-32-22-11-6-16(27(29,30)31)14-23(22)33-25/h1-11,14H,12-13,15H2,(H,32,33). The van der Waals surface area contributed by atoms with Crippen LogP contribution < -0.4 is 15.2 Å². The van der Waals surface area contributed by atoms with Crippen LogP contribution >= 0.6 is 0 Å². The van der Waals surface area contributed by atoms with E-state index in [-0.39, 0.29) is 23.6 Å². The number of nitrogens with one attached hydrogen (secondary N) is 1. The van der Waals surface area contributed by atoms with Gasteiger partial charge in [0.1, 0.15) is 11.6 Å². The Hall–Kier alpha value is -4.67. The Bertz CT molecular complexity index is 1700. The quantitative estimate of drug-likeness (QED) is 0.311. The van der Waals surface area contributed by atoms with Gasteiger partial charge in [-0.05, 0) is 54.6 Å². The van der Waals surface area contributed by atoms with Gasteiger partial charge in [-0.3, -0.25) is 4.79 Å². The number of para-hydroxylation sites is 1. The van der Waals surface area contributed by atoms with E-state index >= 15 is 0 Å². The highest BCUT2D eigenvalue weighted by Gasteiger charge is 2.31. The van der Waals surface area contributed by atoms with Crippen LogP contribution in [0.5, 0.6) is 11.8 Å². The molecule has 0 unspecified atom stereocenters. The second-order valence-electron chi connectivity index (χ2n) is 8.81. The highest BCUT2D eigenvalue weighted by molar-refractivity contribution is 5.78. The van der Waals surface area contributed by atoms with Crippen molar-refractivity contribution in [1.29, 1.82) is 0 Å². The van der Waals surface area contributed by atoms with Gasteiger partial charge in [0, 0.05) is 13.0 Å². The highest BCUT2D eigenvalue weighted by Crippen LogP contribution is 2.32. The molecule has 0 amide bonds. The van der Waals surface area contributed by atoms with Crippen LogP contribution in [0, 0.1) is 5.82 Å². The number of hydrogen-bond donors (Lipinski definition) is 1. The molecule has 0 aliphatic carbocycles. The minimum Gasteiger partial charge on any atom is -0.425 e. The third kappa shape index (κ3) is 4.36. The van der Waals surface area contributed by atoms with Gasteiger partial charge in [0.15, 0.2) is 0 Å². The molecule has 0 fully saturated rings. The molecule has 6 rings (SSSR count). The van der Waals surface area contributed by atoms with Crippen LogP contribution in [0.15, 0.2) is 77.6 Å². The first kappa shape index (κ1) is 23.7. The number of nitrogens with zero attached hydrogens (tertiary/aromatic N) is 4. The minimum absolute atomic E-state index is 0.0448. The summed E-state index contributed by atoms with van der Waals surface area (Å²) in [6, 6.07) is 17.6. The summed E-state index contributed by atoms with van der Waals surface area (Å²) in [5, 5.41) is 0. The smallest absolute Gasteiger partial charge is 0.416 e. The zero-order valence-corrected chi connectivity index (χ0v) is 19.7. The van der Waals surface area contributed by atoms with Crippen LogP contribution in [-0.4, -0.2) is 26.1 Å². The van der Waals surface area contributed by atoms with E-state index < -0.39 is 17.6 Å². The number of ether oxygens (including phenoxy) is 1. The van der Waals surface area contributed by atoms with E-state index in [4.69, 9.17) is 4.74 Å². The molecule has 0 atom stereocenters. The molecule has 0 saturated heterocycles. The summed E-state index contributed by atoms with van der Waals surface area (Å²) >= 11 is 0. The Labute approximate surface area is 213 Å². The molecule has 1 aliphatic heterocycles. The third-order valence-electron chi connectivity index (χ3n) is 6.33. The van der Waals surface area contributed by atoms with Crippen LogP contribution in [-0.2, 0) is 19.1 Å². The molecule has 0 radical (unpaired) electrons. The maximum absolute atomic E-state index is 13.8. The fourth-order valence-corrected chi connectivity index (χ4v) is 4.44. The molecule has 3 heterocycles. The summed E-state index contributed by atoms with van der Waals surface area (Å²) in [7, 11) is 0. The number of halogens is 4. The van der Waals surface area contributed by atoms with Crippen molar-refractivity contribution in [2.24, 2.45) is 0 Å². The number of H-pyrrole nitrogens is 1. The van der Waals surface area contributed by atoms with Crippen LogP contribution in [0.1, 0.15) is 16.8 Å². The first-order chi connectivity index (χ1) is 18.3. The van der Waals surface area contributed by atoms with E-state index in [1.165, 1.54) is 34.9 Å². The Balaban J connectivity index is 1.39. The lowest BCUT2D eigenvalue weighted by atomic mass is 10.1. The van der Waals surface area contributed by atoms with Gasteiger partial charge in [0.2, 0.25) is 5.95 Å². The molecule has 7 nitrogen and oxygen atoms in total. The summed E-state index contributed by atoms with van der Waals surface area (Å²) in [6.07, 6.45) is -4.09. The van der Waals surface area contributed by atoms with Crippen molar-refractivity contribution in [1.82, 2.24) is 19.5 Å². The van der Waals surface area contributed by atoms with Crippen molar-refractivity contribution >= 4 is 17.0 Å². The molecular formula is C27H19F4N5O2. The number of rotatable bonds is 4. The zero-order valence-electron chi connectivity index (χ0n) is 19.7. The Morgan fingerprint density at radius 3 is 2.45 bits per heavy atom. The maximum Gasteiger partial charge on any atom is 0.416 e. The number of aromatic amines is 1. The van der Waals surface area contributed by atoms with Crippen molar-refractivity contribution in [3.63, 3.8) is 0 Å². The fourth-order valence-electron chi connectivity index (χ4n) is 4.44. The van der Waals surface area contributed by atoms with Crippen LogP contribution in [0.3, 0.4) is 0 Å². The fraction of sp³-hybridized carbons (Fsp3) is 0.148. The molecule has 0 spiro atoms. The summed E-state index contributed by atoms with van der Waals surface area (Å²) in [5.74, 6) is 0.264. The van der Waals surface area contributed by atoms with Gasteiger partial charge in [0.25, 0.3) is 5.56 Å². The molecule has 2 aromatic heterocycles. The molecule has 192 valence electrons. The van der Waals surface area contributed by atoms with Crippen LogP contribution in [0.25, 0.3) is 16.7 Å². The van der Waals surface area contributed by atoms with E-state index in [1.807, 2.05) is 6.07 Å².